The van der Waals surface area contributed by atoms with Crippen molar-refractivity contribution in [1.82, 2.24) is 14.0 Å². The normalized spacial score (nSPS) is 16.7. The van der Waals surface area contributed by atoms with E-state index in [0.29, 0.717) is 65.0 Å². The zero-order valence-corrected chi connectivity index (χ0v) is 27.1. The molecule has 2 aromatic heterocycles. The molecular formula is C34H36N4O7S. The van der Waals surface area contributed by atoms with E-state index in [4.69, 9.17) is 23.9 Å². The lowest BCUT2D eigenvalue weighted by Gasteiger charge is -2.27. The molecule has 0 N–H and O–H groups in total. The Balaban J connectivity index is 1.48. The number of para-hydroxylation sites is 1. The van der Waals surface area contributed by atoms with Crippen LogP contribution in [0.1, 0.15) is 37.9 Å². The Hall–Kier alpha value is -4.68. The summed E-state index contributed by atoms with van der Waals surface area (Å²) in [4.78, 5) is 47.7. The van der Waals surface area contributed by atoms with Gasteiger partial charge in [0.05, 0.1) is 55.4 Å². The molecule has 0 radical (unpaired) electrons. The van der Waals surface area contributed by atoms with Crippen molar-refractivity contribution in [2.24, 2.45) is 4.99 Å². The number of carbonyl (C=O) groups excluding carboxylic acids is 2. The Labute approximate surface area is 269 Å². The summed E-state index contributed by atoms with van der Waals surface area (Å²) in [5.74, 6) is 0.523. The highest BCUT2D eigenvalue weighted by atomic mass is 32.1. The average molecular weight is 645 g/mol. The van der Waals surface area contributed by atoms with Crippen molar-refractivity contribution in [3.05, 3.63) is 90.7 Å². The Morgan fingerprint density at radius 3 is 2.61 bits per heavy atom. The third kappa shape index (κ3) is 5.85. The number of amides is 1. The number of methoxy groups -OCH3 is 1. The van der Waals surface area contributed by atoms with Gasteiger partial charge in [-0.3, -0.25) is 14.2 Å². The van der Waals surface area contributed by atoms with Gasteiger partial charge in [0, 0.05) is 35.8 Å². The number of rotatable bonds is 9. The topological polar surface area (TPSA) is 114 Å². The van der Waals surface area contributed by atoms with Crippen molar-refractivity contribution in [3.63, 3.8) is 0 Å². The second kappa shape index (κ2) is 13.4. The van der Waals surface area contributed by atoms with Crippen LogP contribution in [0.2, 0.25) is 0 Å². The number of carbonyl (C=O) groups is 2. The number of fused-ring (bicyclic) bond motifs is 2. The van der Waals surface area contributed by atoms with E-state index in [-0.39, 0.29) is 30.2 Å². The number of allylic oxidation sites excluding steroid dienone is 1. The highest BCUT2D eigenvalue weighted by Crippen LogP contribution is 2.36. The van der Waals surface area contributed by atoms with E-state index in [2.05, 4.69) is 0 Å². The predicted molar refractivity (Wildman–Crippen MR) is 174 cm³/mol. The van der Waals surface area contributed by atoms with E-state index in [9.17, 15) is 14.4 Å². The summed E-state index contributed by atoms with van der Waals surface area (Å²) < 4.78 is 26.1. The van der Waals surface area contributed by atoms with Crippen molar-refractivity contribution >= 4 is 40.2 Å². The maximum absolute atomic E-state index is 14.3. The summed E-state index contributed by atoms with van der Waals surface area (Å²) in [5.41, 5.74) is 2.82. The number of hydrogen-bond acceptors (Lipinski definition) is 9. The highest BCUT2D eigenvalue weighted by molar-refractivity contribution is 7.07. The molecule has 1 saturated heterocycles. The van der Waals surface area contributed by atoms with Crippen LogP contribution in [0.15, 0.2) is 69.7 Å². The van der Waals surface area contributed by atoms with Gasteiger partial charge in [0.1, 0.15) is 6.54 Å². The number of aromatic nitrogens is 2. The number of benzene rings is 2. The van der Waals surface area contributed by atoms with Gasteiger partial charge < -0.3 is 28.4 Å². The van der Waals surface area contributed by atoms with Crippen LogP contribution in [0.5, 0.6) is 11.5 Å². The SMILES string of the molecule is CCOC(=O)C1=C(C)N=c2s/c(=C/c3cn(CC(=O)N4CCOCC4)c4ccccc34)c(=O)n2[C@@H]1c1ccc(OC)c(OCC)c1. The molecule has 1 amide bonds. The summed E-state index contributed by atoms with van der Waals surface area (Å²) in [6, 6.07) is 12.4. The van der Waals surface area contributed by atoms with E-state index in [1.54, 1.807) is 37.7 Å². The molecule has 12 heteroatoms. The van der Waals surface area contributed by atoms with Crippen LogP contribution in [0, 0.1) is 0 Å². The quantitative estimate of drug-likeness (QED) is 0.258. The zero-order valence-electron chi connectivity index (χ0n) is 26.3. The van der Waals surface area contributed by atoms with Gasteiger partial charge in [-0.05, 0) is 50.6 Å². The van der Waals surface area contributed by atoms with E-state index >= 15 is 0 Å². The third-order valence-corrected chi connectivity index (χ3v) is 9.08. The third-order valence-electron chi connectivity index (χ3n) is 8.10. The first kappa shape index (κ1) is 31.3. The molecule has 0 spiro atoms. The maximum atomic E-state index is 14.3. The Bertz CT molecular complexity index is 2020. The monoisotopic (exact) mass is 644 g/mol. The summed E-state index contributed by atoms with van der Waals surface area (Å²) in [6.45, 7) is 8.34. The molecule has 11 nitrogen and oxygen atoms in total. The first-order valence-electron chi connectivity index (χ1n) is 15.3. The summed E-state index contributed by atoms with van der Waals surface area (Å²) >= 11 is 1.25. The van der Waals surface area contributed by atoms with Crippen molar-refractivity contribution < 1.29 is 28.5 Å². The van der Waals surface area contributed by atoms with Crippen molar-refractivity contribution in [1.29, 1.82) is 0 Å². The number of esters is 1. The largest absolute Gasteiger partial charge is 0.493 e. The van der Waals surface area contributed by atoms with Gasteiger partial charge >= 0.3 is 5.97 Å². The number of morpholine rings is 1. The van der Waals surface area contributed by atoms with Crippen LogP contribution in [-0.4, -0.2) is 72.5 Å². The lowest BCUT2D eigenvalue weighted by Crippen LogP contribution is -2.42. The standard InChI is InChI=1S/C34H36N4O7S/c1-5-44-27-17-22(11-12-26(27)42-4)31-30(33(41)45-6-2)21(3)35-34-38(31)32(40)28(46-34)18-23-19-37(25-10-8-7-9-24(23)25)20-29(39)36-13-15-43-16-14-36/h7-12,17-19,31H,5-6,13-16,20H2,1-4H3/b28-18+/t31-/m1/s1. The van der Waals surface area contributed by atoms with Crippen LogP contribution < -0.4 is 24.4 Å². The van der Waals surface area contributed by atoms with Gasteiger partial charge in [0.2, 0.25) is 5.91 Å². The molecule has 0 unspecified atom stereocenters. The lowest BCUT2D eigenvalue weighted by atomic mass is 9.95. The number of hydrogen-bond donors (Lipinski definition) is 0. The number of thiazole rings is 1. The fraction of sp³-hybridized carbons (Fsp3) is 0.353. The fourth-order valence-electron chi connectivity index (χ4n) is 5.96. The Morgan fingerprint density at radius 1 is 1.09 bits per heavy atom. The molecule has 0 aliphatic carbocycles. The van der Waals surface area contributed by atoms with Crippen LogP contribution in [0.4, 0.5) is 0 Å². The van der Waals surface area contributed by atoms with Crippen LogP contribution in [0.3, 0.4) is 0 Å². The van der Waals surface area contributed by atoms with Gasteiger partial charge in [-0.15, -0.1) is 0 Å². The van der Waals surface area contributed by atoms with Crippen molar-refractivity contribution in [3.8, 4) is 11.5 Å². The van der Waals surface area contributed by atoms with Crippen molar-refractivity contribution in [2.45, 2.75) is 33.4 Å². The molecule has 6 rings (SSSR count). The van der Waals surface area contributed by atoms with Gasteiger partial charge in [0.25, 0.3) is 5.56 Å². The molecule has 1 fully saturated rings. The molecule has 2 aliphatic heterocycles. The molecule has 2 aromatic carbocycles. The van der Waals surface area contributed by atoms with Gasteiger partial charge in [-0.1, -0.05) is 35.6 Å². The van der Waals surface area contributed by atoms with Gasteiger partial charge in [-0.2, -0.15) is 0 Å². The van der Waals surface area contributed by atoms with E-state index in [1.165, 1.54) is 11.3 Å². The summed E-state index contributed by atoms with van der Waals surface area (Å²) in [7, 11) is 1.56. The minimum Gasteiger partial charge on any atom is -0.493 e. The second-order valence-electron chi connectivity index (χ2n) is 10.9. The van der Waals surface area contributed by atoms with E-state index in [1.807, 2.05) is 59.0 Å². The zero-order chi connectivity index (χ0) is 32.4. The van der Waals surface area contributed by atoms with Crippen molar-refractivity contribution in [2.75, 3.05) is 46.6 Å². The first-order chi connectivity index (χ1) is 22.3. The number of ether oxygens (including phenoxy) is 4. The second-order valence-corrected chi connectivity index (χ2v) is 11.9. The summed E-state index contributed by atoms with van der Waals surface area (Å²) in [5, 5.41) is 0.916. The molecule has 4 heterocycles. The molecule has 240 valence electrons. The Morgan fingerprint density at radius 2 is 1.87 bits per heavy atom. The van der Waals surface area contributed by atoms with Crippen LogP contribution in [0.25, 0.3) is 17.0 Å². The molecule has 0 saturated carbocycles. The minimum atomic E-state index is -0.796. The molecular weight excluding hydrogens is 608 g/mol. The summed E-state index contributed by atoms with van der Waals surface area (Å²) in [6.07, 6.45) is 3.74. The maximum Gasteiger partial charge on any atom is 0.338 e. The fourth-order valence-corrected chi connectivity index (χ4v) is 7.00. The smallest absolute Gasteiger partial charge is 0.338 e. The van der Waals surface area contributed by atoms with E-state index in [0.717, 1.165) is 16.5 Å². The van der Waals surface area contributed by atoms with Crippen LogP contribution in [-0.2, 0) is 25.6 Å². The Kier molecular flexibility index (Phi) is 9.09. The molecule has 0 bridgehead atoms. The van der Waals surface area contributed by atoms with E-state index < -0.39 is 12.0 Å². The first-order valence-corrected chi connectivity index (χ1v) is 16.1. The highest BCUT2D eigenvalue weighted by Gasteiger charge is 2.34. The predicted octanol–water partition coefficient (Wildman–Crippen LogP) is 3.02. The van der Waals surface area contributed by atoms with Gasteiger partial charge in [0.15, 0.2) is 16.3 Å². The molecule has 2 aliphatic rings. The van der Waals surface area contributed by atoms with Crippen LogP contribution >= 0.6 is 11.3 Å². The molecule has 46 heavy (non-hydrogen) atoms. The molecule has 4 aromatic rings. The lowest BCUT2D eigenvalue weighted by molar-refractivity contribution is -0.139. The average Bonchev–Trinajstić information content (AvgIpc) is 3.56. The van der Waals surface area contributed by atoms with Gasteiger partial charge in [-0.25, -0.2) is 9.79 Å². The number of nitrogens with zero attached hydrogens (tertiary/aromatic N) is 4. The molecule has 1 atom stereocenters. The minimum absolute atomic E-state index is 0.0165.